The normalized spacial score (nSPS) is 33.8. The van der Waals surface area contributed by atoms with Crippen LogP contribution in [-0.2, 0) is 19.2 Å². The average molecular weight is 582 g/mol. The molecule has 2 amide bonds. The van der Waals surface area contributed by atoms with Crippen molar-refractivity contribution in [1.29, 1.82) is 5.26 Å². The lowest BCUT2D eigenvalue weighted by molar-refractivity contribution is -0.175. The second-order valence-corrected chi connectivity index (χ2v) is 16.2. The van der Waals surface area contributed by atoms with Crippen molar-refractivity contribution in [2.75, 3.05) is 0 Å². The number of amides is 2. The summed E-state index contributed by atoms with van der Waals surface area (Å²) in [5.74, 6) is -0.334. The monoisotopic (exact) mass is 581 g/mol. The van der Waals surface area contributed by atoms with Crippen LogP contribution in [0.2, 0.25) is 0 Å². The van der Waals surface area contributed by atoms with E-state index in [0.29, 0.717) is 32.1 Å². The molecule has 6 atom stereocenters. The minimum absolute atomic E-state index is 0.00586. The van der Waals surface area contributed by atoms with Crippen LogP contribution in [0.5, 0.6) is 0 Å². The van der Waals surface area contributed by atoms with Crippen molar-refractivity contribution >= 4 is 23.4 Å². The van der Waals surface area contributed by atoms with Gasteiger partial charge < -0.3 is 0 Å². The second-order valence-electron chi connectivity index (χ2n) is 16.2. The van der Waals surface area contributed by atoms with Crippen LogP contribution >= 0.6 is 0 Å². The molecule has 0 aromatic rings. The zero-order valence-electron chi connectivity index (χ0n) is 27.9. The molecule has 234 valence electrons. The van der Waals surface area contributed by atoms with Crippen molar-refractivity contribution in [3.8, 4) is 6.07 Å². The van der Waals surface area contributed by atoms with Gasteiger partial charge in [0.1, 0.15) is 11.9 Å². The Labute approximate surface area is 254 Å². The van der Waals surface area contributed by atoms with E-state index < -0.39 is 16.2 Å². The average Bonchev–Trinajstić information content (AvgIpc) is 2.88. The van der Waals surface area contributed by atoms with Gasteiger partial charge in [0.15, 0.2) is 5.78 Å². The zero-order chi connectivity index (χ0) is 31.9. The number of carbonyl (C=O) groups excluding carboxylic acids is 4. The van der Waals surface area contributed by atoms with E-state index >= 15 is 0 Å². The lowest BCUT2D eigenvalue weighted by atomic mass is 9.37. The van der Waals surface area contributed by atoms with E-state index in [2.05, 4.69) is 58.5 Å². The van der Waals surface area contributed by atoms with Gasteiger partial charge in [-0.3, -0.25) is 30.0 Å². The lowest BCUT2D eigenvalue weighted by Gasteiger charge is -2.66. The molecule has 0 bridgehead atoms. The van der Waals surface area contributed by atoms with Crippen LogP contribution < -0.4 is 10.9 Å². The van der Waals surface area contributed by atoms with E-state index in [9.17, 15) is 24.4 Å². The molecule has 2 fully saturated rings. The maximum absolute atomic E-state index is 13.6. The van der Waals surface area contributed by atoms with Gasteiger partial charge in [-0.2, -0.15) is 5.26 Å². The molecule has 42 heavy (non-hydrogen) atoms. The first-order valence-corrected chi connectivity index (χ1v) is 16.0. The molecule has 2 N–H and O–H groups in total. The number of nitriles is 1. The van der Waals surface area contributed by atoms with E-state index in [4.69, 9.17) is 0 Å². The summed E-state index contributed by atoms with van der Waals surface area (Å²) in [4.78, 5) is 52.0. The number of carbonyl (C=O) groups is 4. The van der Waals surface area contributed by atoms with Crippen LogP contribution in [0.25, 0.3) is 0 Å². The van der Waals surface area contributed by atoms with E-state index in [1.54, 1.807) is 0 Å². The summed E-state index contributed by atoms with van der Waals surface area (Å²) < 4.78 is 0. The second kappa shape index (κ2) is 11.5. The highest BCUT2D eigenvalue weighted by molar-refractivity contribution is 6.04. The molecule has 0 radical (unpaired) electrons. The van der Waals surface area contributed by atoms with Gasteiger partial charge in [0, 0.05) is 30.6 Å². The van der Waals surface area contributed by atoms with Gasteiger partial charge in [0.05, 0.1) is 5.57 Å². The Morgan fingerprint density at radius 3 is 2.21 bits per heavy atom. The molecular formula is C35H55N3O4. The molecule has 1 unspecified atom stereocenters. The Morgan fingerprint density at radius 2 is 1.64 bits per heavy atom. The molecule has 0 heterocycles. The first kappa shape index (κ1) is 34.0. The molecule has 3 rings (SSSR count). The van der Waals surface area contributed by atoms with Crippen molar-refractivity contribution in [1.82, 2.24) is 10.9 Å². The van der Waals surface area contributed by atoms with Crippen LogP contribution in [0, 0.1) is 55.7 Å². The quantitative estimate of drug-likeness (QED) is 0.284. The van der Waals surface area contributed by atoms with E-state index in [-0.39, 0.29) is 57.0 Å². The van der Waals surface area contributed by atoms with Crippen LogP contribution in [0.15, 0.2) is 11.6 Å². The number of fused-ring (bicyclic) bond motifs is 3. The molecule has 3 aliphatic rings. The first-order valence-electron chi connectivity index (χ1n) is 16.0. The number of rotatable bonds is 9. The fraction of sp³-hybridized carbons (Fsp3) is 0.800. The lowest BCUT2D eigenvalue weighted by Crippen LogP contribution is -2.62. The van der Waals surface area contributed by atoms with Gasteiger partial charge in [0.2, 0.25) is 11.8 Å². The Kier molecular flexibility index (Phi) is 9.35. The molecule has 0 saturated heterocycles. The van der Waals surface area contributed by atoms with Gasteiger partial charge in [-0.1, -0.05) is 74.8 Å². The molecule has 2 saturated carbocycles. The minimum atomic E-state index is -0.725. The first-order chi connectivity index (χ1) is 19.2. The van der Waals surface area contributed by atoms with Crippen molar-refractivity contribution < 1.29 is 19.2 Å². The Balaban J connectivity index is 1.98. The topological polar surface area (TPSA) is 116 Å². The van der Waals surface area contributed by atoms with Crippen molar-refractivity contribution in [2.45, 2.75) is 133 Å². The van der Waals surface area contributed by atoms with Crippen molar-refractivity contribution in [3.63, 3.8) is 0 Å². The maximum Gasteiger partial charge on any atom is 0.244 e. The molecule has 0 spiro atoms. The molecular weight excluding hydrogens is 526 g/mol. The Morgan fingerprint density at radius 1 is 1.00 bits per heavy atom. The fourth-order valence-electron chi connectivity index (χ4n) is 9.26. The maximum atomic E-state index is 13.6. The predicted octanol–water partition coefficient (Wildman–Crippen LogP) is 7.01. The smallest absolute Gasteiger partial charge is 0.244 e. The Hall–Kier alpha value is -2.49. The summed E-state index contributed by atoms with van der Waals surface area (Å²) in [6.45, 7) is 20.7. The van der Waals surface area contributed by atoms with Crippen molar-refractivity contribution in [3.05, 3.63) is 11.6 Å². The highest BCUT2D eigenvalue weighted by Crippen LogP contribution is 2.70. The summed E-state index contributed by atoms with van der Waals surface area (Å²) >= 11 is 0. The van der Waals surface area contributed by atoms with E-state index in [1.807, 2.05) is 26.8 Å². The van der Waals surface area contributed by atoms with E-state index in [0.717, 1.165) is 32.1 Å². The summed E-state index contributed by atoms with van der Waals surface area (Å²) in [5.41, 5.74) is 3.04. The Bertz CT molecular complexity index is 1200. The largest absolute Gasteiger partial charge is 0.300 e. The van der Waals surface area contributed by atoms with Crippen LogP contribution in [-0.4, -0.2) is 23.4 Å². The number of nitrogens with one attached hydrogen (secondary N) is 2. The van der Waals surface area contributed by atoms with Crippen LogP contribution in [0.3, 0.4) is 0 Å². The molecule has 0 aromatic carbocycles. The van der Waals surface area contributed by atoms with Gasteiger partial charge in [-0.05, 0) is 78.4 Å². The number of hydrazine groups is 1. The number of hydrogen-bond acceptors (Lipinski definition) is 5. The summed E-state index contributed by atoms with van der Waals surface area (Å²) in [5, 5.41) is 9.89. The fourth-order valence-corrected chi connectivity index (χ4v) is 9.26. The highest BCUT2D eigenvalue weighted by Gasteiger charge is 2.66. The van der Waals surface area contributed by atoms with Gasteiger partial charge in [0.25, 0.3) is 0 Å². The van der Waals surface area contributed by atoms with Crippen LogP contribution in [0.1, 0.15) is 133 Å². The summed E-state index contributed by atoms with van der Waals surface area (Å²) in [7, 11) is 0. The summed E-state index contributed by atoms with van der Waals surface area (Å²) in [6.07, 6.45) is 9.56. The third-order valence-electron chi connectivity index (χ3n) is 12.3. The summed E-state index contributed by atoms with van der Waals surface area (Å²) in [6, 6.07) is 2.17. The molecule has 0 aliphatic heterocycles. The van der Waals surface area contributed by atoms with Crippen molar-refractivity contribution in [2.24, 2.45) is 44.3 Å². The van der Waals surface area contributed by atoms with Gasteiger partial charge >= 0.3 is 0 Å². The predicted molar refractivity (Wildman–Crippen MR) is 164 cm³/mol. The number of nitrogens with zero attached hydrogens (tertiary/aromatic N) is 1. The third-order valence-corrected chi connectivity index (χ3v) is 12.3. The number of hydrogen-bond donors (Lipinski definition) is 2. The molecule has 3 aliphatic carbocycles. The van der Waals surface area contributed by atoms with E-state index in [1.165, 1.54) is 6.92 Å². The number of allylic oxidation sites excluding steroid dienone is 2. The van der Waals surface area contributed by atoms with Crippen LogP contribution in [0.4, 0.5) is 0 Å². The number of Topliss-reactive ketones (excluding diaryl/α,β-unsaturated/α-hetero) is 2. The third kappa shape index (κ3) is 5.97. The zero-order valence-corrected chi connectivity index (χ0v) is 27.9. The SMILES string of the molecule is CCCC(C)(C)CC[C@@](C)(CC[C@]1(C)CC(=O)C[C@@H]2[C@@]3(C)C=C(C#N)C(=O)C(C)(C)C3CC[C@]21C)C(=O)NNC(C)=O. The minimum Gasteiger partial charge on any atom is -0.300 e. The molecule has 7 heteroatoms. The van der Waals surface area contributed by atoms with Gasteiger partial charge in [-0.25, -0.2) is 0 Å². The number of ketones is 2. The van der Waals surface area contributed by atoms with Gasteiger partial charge in [-0.15, -0.1) is 0 Å². The standard InChI is InChI=1S/C35H55N3O4/c1-11-13-30(3,4)15-16-32(7,29(42)38-37-23(2)39)17-18-33(8)21-25(40)19-27-34(9)20-24(22-36)28(41)31(5,6)26(34)12-14-35(27,33)10/h20,26-27H,11-19,21H2,1-10H3,(H,37,39)(H,38,42)/t26?,27-,32+,33-,34+,35-/m1/s1. The highest BCUT2D eigenvalue weighted by atomic mass is 16.2. The molecule has 0 aromatic heterocycles. The molecule has 7 nitrogen and oxygen atoms in total.